The van der Waals surface area contributed by atoms with E-state index in [-0.39, 0.29) is 13.0 Å². The van der Waals surface area contributed by atoms with Crippen LogP contribution in [0.15, 0.2) is 0 Å². The normalized spacial score (nSPS) is 29.9. The lowest BCUT2D eigenvalue weighted by Gasteiger charge is -2.27. The fourth-order valence-electron chi connectivity index (χ4n) is 1.50. The highest BCUT2D eigenvalue weighted by Crippen LogP contribution is 2.44. The Bertz CT molecular complexity index is 228. The second-order valence-electron chi connectivity index (χ2n) is 3.26. The van der Waals surface area contributed by atoms with E-state index in [1.807, 2.05) is 0 Å². The number of amides is 1. The lowest BCUT2D eigenvalue weighted by atomic mass is 9.86. The van der Waals surface area contributed by atoms with Crippen molar-refractivity contribution in [3.8, 4) is 0 Å². The first-order chi connectivity index (χ1) is 5.85. The summed E-state index contributed by atoms with van der Waals surface area (Å²) < 4.78 is 37.5. The van der Waals surface area contributed by atoms with Crippen LogP contribution in [0, 0.1) is 5.41 Å². The summed E-state index contributed by atoms with van der Waals surface area (Å²) in [7, 11) is 1.35. The first-order valence-corrected chi connectivity index (χ1v) is 3.87. The quantitative estimate of drug-likeness (QED) is 0.658. The van der Waals surface area contributed by atoms with Crippen LogP contribution in [0.3, 0.4) is 0 Å². The van der Waals surface area contributed by atoms with Gasteiger partial charge < -0.3 is 10.6 Å². The van der Waals surface area contributed by atoms with Crippen molar-refractivity contribution in [3.63, 3.8) is 0 Å². The molecule has 0 radical (unpaired) electrons. The average molecular weight is 196 g/mol. The van der Waals surface area contributed by atoms with Crippen LogP contribution in [-0.4, -0.2) is 37.1 Å². The molecule has 1 aliphatic heterocycles. The van der Waals surface area contributed by atoms with Gasteiger partial charge in [0.25, 0.3) is 0 Å². The third kappa shape index (κ3) is 1.29. The van der Waals surface area contributed by atoms with Crippen LogP contribution < -0.4 is 5.73 Å². The topological polar surface area (TPSA) is 46.3 Å². The van der Waals surface area contributed by atoms with Crippen molar-refractivity contribution in [2.24, 2.45) is 11.1 Å². The van der Waals surface area contributed by atoms with E-state index in [9.17, 15) is 18.0 Å². The molecule has 0 bridgehead atoms. The molecule has 0 aromatic rings. The molecule has 1 unspecified atom stereocenters. The second-order valence-corrected chi connectivity index (χ2v) is 3.26. The first kappa shape index (κ1) is 10.3. The minimum atomic E-state index is -4.54. The molecule has 1 atom stereocenters. The van der Waals surface area contributed by atoms with E-state index < -0.39 is 24.0 Å². The molecule has 0 aliphatic carbocycles. The van der Waals surface area contributed by atoms with Crippen LogP contribution in [0.2, 0.25) is 0 Å². The lowest BCUT2D eigenvalue weighted by molar-refractivity contribution is -0.215. The molecule has 6 heteroatoms. The van der Waals surface area contributed by atoms with E-state index in [0.717, 1.165) is 4.90 Å². The summed E-state index contributed by atoms with van der Waals surface area (Å²) in [5, 5.41) is 0. The number of hydrogen-bond donors (Lipinski definition) is 1. The van der Waals surface area contributed by atoms with Gasteiger partial charge in [-0.1, -0.05) is 0 Å². The molecule has 1 rings (SSSR count). The second kappa shape index (κ2) is 2.87. The minimum absolute atomic E-state index is 0.121. The van der Waals surface area contributed by atoms with E-state index >= 15 is 0 Å². The van der Waals surface area contributed by atoms with Gasteiger partial charge in [0, 0.05) is 20.1 Å². The Balaban J connectivity index is 3.02. The summed E-state index contributed by atoms with van der Waals surface area (Å²) in [6, 6.07) is 0. The lowest BCUT2D eigenvalue weighted by Crippen LogP contribution is -2.49. The Labute approximate surface area is 73.7 Å². The zero-order valence-corrected chi connectivity index (χ0v) is 7.19. The molecule has 1 heterocycles. The Kier molecular flexibility index (Phi) is 2.27. The van der Waals surface area contributed by atoms with Gasteiger partial charge in [-0.3, -0.25) is 4.79 Å². The summed E-state index contributed by atoms with van der Waals surface area (Å²) in [6.07, 6.45) is -4.77. The van der Waals surface area contributed by atoms with E-state index in [4.69, 9.17) is 5.73 Å². The van der Waals surface area contributed by atoms with Gasteiger partial charge >= 0.3 is 6.18 Å². The number of halogens is 3. The summed E-state index contributed by atoms with van der Waals surface area (Å²) in [5.41, 5.74) is 2.71. The Morgan fingerprint density at radius 1 is 1.62 bits per heavy atom. The van der Waals surface area contributed by atoms with Gasteiger partial charge in [0.2, 0.25) is 5.91 Å². The zero-order chi connectivity index (χ0) is 10.3. The van der Waals surface area contributed by atoms with Crippen molar-refractivity contribution in [1.82, 2.24) is 4.90 Å². The average Bonchev–Trinajstić information content (AvgIpc) is 2.29. The van der Waals surface area contributed by atoms with Gasteiger partial charge in [0.05, 0.1) is 0 Å². The highest BCUT2D eigenvalue weighted by Gasteiger charge is 2.62. The van der Waals surface area contributed by atoms with Gasteiger partial charge in [-0.2, -0.15) is 13.2 Å². The van der Waals surface area contributed by atoms with Gasteiger partial charge in [0.15, 0.2) is 5.41 Å². The zero-order valence-electron chi connectivity index (χ0n) is 7.19. The minimum Gasteiger partial charge on any atom is -0.345 e. The molecule has 0 aromatic carbocycles. The fraction of sp³-hybridized carbons (Fsp3) is 0.857. The predicted molar refractivity (Wildman–Crippen MR) is 39.8 cm³/mol. The number of rotatable bonds is 1. The van der Waals surface area contributed by atoms with E-state index in [0.29, 0.717) is 0 Å². The van der Waals surface area contributed by atoms with Crippen molar-refractivity contribution in [1.29, 1.82) is 0 Å². The van der Waals surface area contributed by atoms with Gasteiger partial charge in [-0.25, -0.2) is 0 Å². The summed E-state index contributed by atoms with van der Waals surface area (Å²) in [6.45, 7) is -0.546. The fourth-order valence-corrected chi connectivity index (χ4v) is 1.50. The van der Waals surface area contributed by atoms with Crippen LogP contribution in [0.25, 0.3) is 0 Å². The maximum atomic E-state index is 12.5. The third-order valence-electron chi connectivity index (χ3n) is 2.52. The predicted octanol–water partition coefficient (Wildman–Crippen LogP) is 0.356. The van der Waals surface area contributed by atoms with Crippen molar-refractivity contribution in [2.45, 2.75) is 12.6 Å². The number of nitrogens with zero attached hydrogens (tertiary/aromatic N) is 1. The van der Waals surface area contributed by atoms with Crippen molar-refractivity contribution in [3.05, 3.63) is 0 Å². The van der Waals surface area contributed by atoms with Gasteiger partial charge in [-0.05, 0) is 6.42 Å². The van der Waals surface area contributed by atoms with Crippen LogP contribution in [-0.2, 0) is 4.79 Å². The van der Waals surface area contributed by atoms with E-state index in [1.54, 1.807) is 0 Å². The molecule has 13 heavy (non-hydrogen) atoms. The molecule has 1 saturated heterocycles. The summed E-state index contributed by atoms with van der Waals surface area (Å²) in [5.74, 6) is -0.914. The first-order valence-electron chi connectivity index (χ1n) is 3.87. The molecule has 0 spiro atoms. The largest absolute Gasteiger partial charge is 0.404 e. The van der Waals surface area contributed by atoms with Crippen LogP contribution in [0.5, 0.6) is 0 Å². The van der Waals surface area contributed by atoms with Gasteiger partial charge in [-0.15, -0.1) is 0 Å². The number of nitrogens with two attached hydrogens (primary N) is 1. The molecule has 1 amide bonds. The SMILES string of the molecule is CN1CCC(CN)(C(F)(F)F)C1=O. The molecular weight excluding hydrogens is 185 g/mol. The number of carbonyl (C=O) groups excluding carboxylic acids is 1. The summed E-state index contributed by atoms with van der Waals surface area (Å²) in [4.78, 5) is 12.3. The van der Waals surface area contributed by atoms with Gasteiger partial charge in [0.1, 0.15) is 0 Å². The van der Waals surface area contributed by atoms with E-state index in [1.165, 1.54) is 7.05 Å². The molecule has 76 valence electrons. The highest BCUT2D eigenvalue weighted by molar-refractivity contribution is 5.85. The number of likely N-dealkylation sites (tertiary alicyclic amines) is 1. The van der Waals surface area contributed by atoms with Crippen molar-refractivity contribution < 1.29 is 18.0 Å². The smallest absolute Gasteiger partial charge is 0.345 e. The van der Waals surface area contributed by atoms with Crippen LogP contribution in [0.1, 0.15) is 6.42 Å². The van der Waals surface area contributed by atoms with Crippen LogP contribution >= 0.6 is 0 Å². The third-order valence-corrected chi connectivity index (χ3v) is 2.52. The standard InChI is InChI=1S/C7H11F3N2O/c1-12-3-2-6(4-11,5(12)13)7(8,9)10/h2-4,11H2,1H3. The number of alkyl halides is 3. The Hall–Kier alpha value is -0.780. The van der Waals surface area contributed by atoms with Crippen molar-refractivity contribution >= 4 is 5.91 Å². The molecule has 3 nitrogen and oxygen atoms in total. The van der Waals surface area contributed by atoms with Crippen LogP contribution in [0.4, 0.5) is 13.2 Å². The number of hydrogen-bond acceptors (Lipinski definition) is 2. The maximum Gasteiger partial charge on any atom is 0.404 e. The number of carbonyl (C=O) groups is 1. The maximum absolute atomic E-state index is 12.5. The molecule has 0 saturated carbocycles. The highest BCUT2D eigenvalue weighted by atomic mass is 19.4. The molecular formula is C7H11F3N2O. The Morgan fingerprint density at radius 2 is 2.15 bits per heavy atom. The molecule has 1 fully saturated rings. The molecule has 0 aromatic heterocycles. The summed E-state index contributed by atoms with van der Waals surface area (Å²) >= 11 is 0. The van der Waals surface area contributed by atoms with E-state index in [2.05, 4.69) is 0 Å². The molecule has 2 N–H and O–H groups in total. The monoisotopic (exact) mass is 196 g/mol. The molecule has 1 aliphatic rings. The Morgan fingerprint density at radius 3 is 2.31 bits per heavy atom. The van der Waals surface area contributed by atoms with Crippen molar-refractivity contribution in [2.75, 3.05) is 20.1 Å².